The molecule has 4 nitrogen and oxygen atoms in total. The molecule has 0 unspecified atom stereocenters. The molecule has 0 atom stereocenters. The van der Waals surface area contributed by atoms with Crippen molar-refractivity contribution in [3.05, 3.63) is 40.2 Å². The van der Waals surface area contributed by atoms with Gasteiger partial charge in [-0.25, -0.2) is 4.79 Å². The lowest BCUT2D eigenvalue weighted by atomic mass is 9.98. The second-order valence-corrected chi connectivity index (χ2v) is 5.01. The normalized spacial score (nSPS) is 10.8. The number of halogens is 1. The van der Waals surface area contributed by atoms with Gasteiger partial charge in [-0.2, -0.15) is 5.10 Å². The number of benzene rings is 1. The van der Waals surface area contributed by atoms with Gasteiger partial charge in [-0.05, 0) is 31.0 Å². The quantitative estimate of drug-likeness (QED) is 0.937. The zero-order valence-corrected chi connectivity index (χ0v) is 12.5. The zero-order valence-electron chi connectivity index (χ0n) is 11.8. The number of carboxylic acids is 1. The van der Waals surface area contributed by atoms with E-state index < -0.39 is 5.97 Å². The van der Waals surface area contributed by atoms with Crippen molar-refractivity contribution in [3.63, 3.8) is 0 Å². The molecule has 0 bridgehead atoms. The Kier molecular flexibility index (Phi) is 4.14. The molecule has 1 heterocycles. The second-order valence-electron chi connectivity index (χ2n) is 4.60. The summed E-state index contributed by atoms with van der Waals surface area (Å²) in [5.41, 5.74) is 3.94. The lowest BCUT2D eigenvalue weighted by molar-refractivity contribution is 0.0697. The van der Waals surface area contributed by atoms with Crippen molar-refractivity contribution < 1.29 is 9.90 Å². The molecule has 20 heavy (non-hydrogen) atoms. The van der Waals surface area contributed by atoms with E-state index in [1.807, 2.05) is 18.7 Å². The second kappa shape index (κ2) is 5.67. The van der Waals surface area contributed by atoms with Gasteiger partial charge < -0.3 is 5.11 Å². The third-order valence-electron chi connectivity index (χ3n) is 3.39. The fraction of sp³-hybridized carbons (Fsp3) is 0.333. The Morgan fingerprint density at radius 3 is 2.60 bits per heavy atom. The molecule has 0 fully saturated rings. The lowest BCUT2D eigenvalue weighted by Crippen LogP contribution is -1.99. The molecule has 2 aromatic rings. The zero-order chi connectivity index (χ0) is 14.9. The molecule has 106 valence electrons. The minimum Gasteiger partial charge on any atom is -0.478 e. The van der Waals surface area contributed by atoms with Gasteiger partial charge in [0.25, 0.3) is 0 Å². The van der Waals surface area contributed by atoms with Crippen LogP contribution in [0.1, 0.15) is 35.6 Å². The van der Waals surface area contributed by atoms with Gasteiger partial charge in [-0.15, -0.1) is 0 Å². The molecule has 1 aromatic carbocycles. The van der Waals surface area contributed by atoms with Crippen molar-refractivity contribution in [1.29, 1.82) is 0 Å². The summed E-state index contributed by atoms with van der Waals surface area (Å²) in [4.78, 5) is 11.1. The number of hydrogen-bond acceptors (Lipinski definition) is 2. The highest BCUT2D eigenvalue weighted by Gasteiger charge is 2.19. The Balaban J connectivity index is 2.73. The van der Waals surface area contributed by atoms with Crippen LogP contribution in [0.3, 0.4) is 0 Å². The number of rotatable bonds is 4. The van der Waals surface area contributed by atoms with E-state index in [1.165, 1.54) is 6.07 Å². The van der Waals surface area contributed by atoms with Crippen molar-refractivity contribution in [2.75, 3.05) is 0 Å². The highest BCUT2D eigenvalue weighted by atomic mass is 35.5. The van der Waals surface area contributed by atoms with Crippen LogP contribution in [0.2, 0.25) is 5.02 Å². The third kappa shape index (κ3) is 2.43. The predicted molar refractivity (Wildman–Crippen MR) is 79.4 cm³/mol. The number of aromatic nitrogens is 2. The van der Waals surface area contributed by atoms with Crippen LogP contribution in [0.25, 0.3) is 11.1 Å². The first-order chi connectivity index (χ1) is 9.49. The largest absolute Gasteiger partial charge is 0.478 e. The van der Waals surface area contributed by atoms with Gasteiger partial charge in [0.15, 0.2) is 0 Å². The molecule has 0 amide bonds. The summed E-state index contributed by atoms with van der Waals surface area (Å²) >= 11 is 6.27. The summed E-state index contributed by atoms with van der Waals surface area (Å²) in [6.45, 7) is 4.08. The van der Waals surface area contributed by atoms with Crippen LogP contribution in [0.5, 0.6) is 0 Å². The molecular weight excluding hydrogens is 276 g/mol. The van der Waals surface area contributed by atoms with E-state index in [0.29, 0.717) is 5.02 Å². The van der Waals surface area contributed by atoms with Crippen LogP contribution in [-0.4, -0.2) is 20.9 Å². The van der Waals surface area contributed by atoms with Crippen molar-refractivity contribution in [2.24, 2.45) is 7.05 Å². The van der Waals surface area contributed by atoms with Gasteiger partial charge in [0.1, 0.15) is 0 Å². The van der Waals surface area contributed by atoms with Crippen LogP contribution in [0.4, 0.5) is 0 Å². The number of carbonyl (C=O) groups is 1. The number of carboxylic acid groups (broad SMARTS) is 1. The molecule has 2 rings (SSSR count). The van der Waals surface area contributed by atoms with Crippen molar-refractivity contribution in [3.8, 4) is 11.1 Å². The Bertz CT molecular complexity index is 662. The standard InChI is InChI=1S/C15H17ClN2O2/c1-4-12-14(13(5-2)18(3)17-12)10-8-9(15(19)20)6-7-11(10)16/h6-8H,4-5H2,1-3H3,(H,19,20). The maximum atomic E-state index is 11.1. The van der Waals surface area contributed by atoms with E-state index in [4.69, 9.17) is 16.7 Å². The molecule has 1 aromatic heterocycles. The highest BCUT2D eigenvalue weighted by Crippen LogP contribution is 2.34. The first-order valence-electron chi connectivity index (χ1n) is 6.57. The Labute approximate surface area is 123 Å². The maximum Gasteiger partial charge on any atom is 0.335 e. The molecular formula is C15H17ClN2O2. The van der Waals surface area contributed by atoms with E-state index in [0.717, 1.165) is 35.4 Å². The van der Waals surface area contributed by atoms with Gasteiger partial charge in [0.2, 0.25) is 0 Å². The van der Waals surface area contributed by atoms with Gasteiger partial charge in [-0.1, -0.05) is 25.4 Å². The smallest absolute Gasteiger partial charge is 0.335 e. The summed E-state index contributed by atoms with van der Waals surface area (Å²) in [6.07, 6.45) is 1.59. The first kappa shape index (κ1) is 14.6. The van der Waals surface area contributed by atoms with E-state index in [1.54, 1.807) is 12.1 Å². The SMILES string of the molecule is CCc1nn(C)c(CC)c1-c1cc(C(=O)O)ccc1Cl. The fourth-order valence-electron chi connectivity index (χ4n) is 2.43. The summed E-state index contributed by atoms with van der Waals surface area (Å²) in [5.74, 6) is -0.956. The predicted octanol–water partition coefficient (Wildman–Crippen LogP) is 3.56. The summed E-state index contributed by atoms with van der Waals surface area (Å²) in [5, 5.41) is 14.2. The van der Waals surface area contributed by atoms with Crippen LogP contribution >= 0.6 is 11.6 Å². The molecule has 0 saturated heterocycles. The monoisotopic (exact) mass is 292 g/mol. The minimum atomic E-state index is -0.956. The Hall–Kier alpha value is -1.81. The van der Waals surface area contributed by atoms with Crippen LogP contribution in [0, 0.1) is 0 Å². The minimum absolute atomic E-state index is 0.234. The van der Waals surface area contributed by atoms with Gasteiger partial charge in [0.05, 0.1) is 11.3 Å². The van der Waals surface area contributed by atoms with E-state index >= 15 is 0 Å². The molecule has 5 heteroatoms. The first-order valence-corrected chi connectivity index (χ1v) is 6.95. The third-order valence-corrected chi connectivity index (χ3v) is 3.72. The molecule has 0 aliphatic rings. The van der Waals surface area contributed by atoms with E-state index in [-0.39, 0.29) is 5.56 Å². The summed E-state index contributed by atoms with van der Waals surface area (Å²) < 4.78 is 1.85. The Morgan fingerprint density at radius 1 is 1.35 bits per heavy atom. The lowest BCUT2D eigenvalue weighted by Gasteiger charge is -2.08. The fourth-order valence-corrected chi connectivity index (χ4v) is 2.65. The van der Waals surface area contributed by atoms with Crippen molar-refractivity contribution >= 4 is 17.6 Å². The molecule has 1 N–H and O–H groups in total. The van der Waals surface area contributed by atoms with Gasteiger partial charge in [0, 0.05) is 28.9 Å². The summed E-state index contributed by atoms with van der Waals surface area (Å²) in [7, 11) is 1.90. The van der Waals surface area contributed by atoms with Crippen LogP contribution < -0.4 is 0 Å². The number of hydrogen-bond donors (Lipinski definition) is 1. The van der Waals surface area contributed by atoms with Gasteiger partial charge in [-0.3, -0.25) is 4.68 Å². The van der Waals surface area contributed by atoms with E-state index in [9.17, 15) is 4.79 Å². The number of nitrogens with zero attached hydrogens (tertiary/aromatic N) is 2. The van der Waals surface area contributed by atoms with Crippen LogP contribution in [-0.2, 0) is 19.9 Å². The molecule has 0 aliphatic carbocycles. The average molecular weight is 293 g/mol. The molecule has 0 saturated carbocycles. The van der Waals surface area contributed by atoms with Gasteiger partial charge >= 0.3 is 5.97 Å². The topological polar surface area (TPSA) is 55.1 Å². The average Bonchev–Trinajstić information content (AvgIpc) is 2.74. The van der Waals surface area contributed by atoms with Crippen molar-refractivity contribution in [2.45, 2.75) is 26.7 Å². The van der Waals surface area contributed by atoms with E-state index in [2.05, 4.69) is 12.0 Å². The highest BCUT2D eigenvalue weighted by molar-refractivity contribution is 6.33. The maximum absolute atomic E-state index is 11.1. The molecule has 0 spiro atoms. The Morgan fingerprint density at radius 2 is 2.05 bits per heavy atom. The number of aryl methyl sites for hydroxylation is 2. The molecule has 0 aliphatic heterocycles. The van der Waals surface area contributed by atoms with Crippen LogP contribution in [0.15, 0.2) is 18.2 Å². The van der Waals surface area contributed by atoms with Crippen molar-refractivity contribution in [1.82, 2.24) is 9.78 Å². The summed E-state index contributed by atoms with van der Waals surface area (Å²) in [6, 6.07) is 4.77. The molecule has 0 radical (unpaired) electrons. The number of aromatic carboxylic acids is 1.